The number of hydrogen-bond donors (Lipinski definition) is 1. The Labute approximate surface area is 190 Å². The van der Waals surface area contributed by atoms with E-state index in [1.165, 1.54) is 36.9 Å². The van der Waals surface area contributed by atoms with Crippen molar-refractivity contribution >= 4 is 34.1 Å². The Bertz CT molecular complexity index is 1120. The van der Waals surface area contributed by atoms with Crippen LogP contribution in [0, 0.1) is 6.92 Å². The van der Waals surface area contributed by atoms with Gasteiger partial charge < -0.3 is 9.47 Å². The molecule has 0 bridgehead atoms. The van der Waals surface area contributed by atoms with Crippen molar-refractivity contribution in [2.24, 2.45) is 0 Å². The molecule has 4 heterocycles. The molecule has 0 aliphatic carbocycles. The van der Waals surface area contributed by atoms with Crippen LogP contribution in [-0.2, 0) is 4.74 Å². The first-order chi connectivity index (χ1) is 15.4. The van der Waals surface area contributed by atoms with E-state index in [4.69, 9.17) is 9.47 Å². The smallest absolute Gasteiger partial charge is 0.280 e. The fourth-order valence-electron chi connectivity index (χ4n) is 3.14. The third kappa shape index (κ3) is 5.03. The number of aromatic nitrogens is 4. The van der Waals surface area contributed by atoms with Gasteiger partial charge in [-0.1, -0.05) is 23.1 Å². The average Bonchev–Trinajstić information content (AvgIpc) is 3.45. The van der Waals surface area contributed by atoms with Gasteiger partial charge in [0.05, 0.1) is 25.5 Å². The molecule has 1 atom stereocenters. The van der Waals surface area contributed by atoms with Crippen LogP contribution < -0.4 is 10.1 Å². The molecule has 1 amide bonds. The maximum atomic E-state index is 13.3. The molecule has 32 heavy (non-hydrogen) atoms. The standard InChI is InChI=1S/C20H19F2N5O3S2/c1-10-5-12(13-6-15(17(21)22)24-8-16(13)29-2)14(7-23-10)18(28)25-19-26-27-20(32-19)31-11-3-4-30-9-11/h5-8,11,17H,3-4,9H2,1-2H3,(H,25,26,28). The summed E-state index contributed by atoms with van der Waals surface area (Å²) in [5, 5.41) is 11.5. The van der Waals surface area contributed by atoms with Crippen LogP contribution in [0.25, 0.3) is 11.1 Å². The summed E-state index contributed by atoms with van der Waals surface area (Å²) in [5.41, 5.74) is 1.11. The minimum Gasteiger partial charge on any atom is -0.494 e. The van der Waals surface area contributed by atoms with Crippen molar-refractivity contribution in [3.05, 3.63) is 41.5 Å². The lowest BCUT2D eigenvalue weighted by Gasteiger charge is -2.14. The Hall–Kier alpha value is -2.70. The first-order valence-electron chi connectivity index (χ1n) is 9.63. The average molecular weight is 480 g/mol. The van der Waals surface area contributed by atoms with E-state index >= 15 is 0 Å². The van der Waals surface area contributed by atoms with Crippen LogP contribution in [-0.4, -0.2) is 51.6 Å². The number of alkyl halides is 2. The fourth-order valence-corrected chi connectivity index (χ4v) is 5.20. The van der Waals surface area contributed by atoms with Crippen molar-refractivity contribution in [2.75, 3.05) is 25.6 Å². The number of pyridine rings is 2. The van der Waals surface area contributed by atoms with Crippen molar-refractivity contribution in [1.82, 2.24) is 20.2 Å². The molecule has 1 N–H and O–H groups in total. The summed E-state index contributed by atoms with van der Waals surface area (Å²) in [4.78, 5) is 21.0. The van der Waals surface area contributed by atoms with Gasteiger partial charge in [0.25, 0.3) is 12.3 Å². The number of rotatable bonds is 7. The Morgan fingerprint density at radius 1 is 1.28 bits per heavy atom. The van der Waals surface area contributed by atoms with Crippen molar-refractivity contribution in [2.45, 2.75) is 29.4 Å². The lowest BCUT2D eigenvalue weighted by Crippen LogP contribution is -2.14. The van der Waals surface area contributed by atoms with Gasteiger partial charge in [0.2, 0.25) is 5.13 Å². The zero-order valence-electron chi connectivity index (χ0n) is 17.2. The van der Waals surface area contributed by atoms with Crippen molar-refractivity contribution in [3.63, 3.8) is 0 Å². The van der Waals surface area contributed by atoms with Crippen molar-refractivity contribution in [3.8, 4) is 16.9 Å². The van der Waals surface area contributed by atoms with Crippen molar-refractivity contribution in [1.29, 1.82) is 0 Å². The van der Waals surface area contributed by atoms with Gasteiger partial charge >= 0.3 is 0 Å². The molecule has 0 spiro atoms. The van der Waals surface area contributed by atoms with Crippen LogP contribution in [0.2, 0.25) is 0 Å². The van der Waals surface area contributed by atoms with E-state index < -0.39 is 18.0 Å². The lowest BCUT2D eigenvalue weighted by atomic mass is 9.99. The van der Waals surface area contributed by atoms with Gasteiger partial charge in [0, 0.05) is 34.9 Å². The minimum atomic E-state index is -2.76. The monoisotopic (exact) mass is 479 g/mol. The molecule has 0 radical (unpaired) electrons. The molecule has 168 valence electrons. The predicted octanol–water partition coefficient (Wildman–Crippen LogP) is 4.38. The second-order valence-electron chi connectivity index (χ2n) is 6.91. The van der Waals surface area contributed by atoms with Crippen LogP contribution in [0.1, 0.15) is 34.6 Å². The molecule has 8 nitrogen and oxygen atoms in total. The predicted molar refractivity (Wildman–Crippen MR) is 117 cm³/mol. The SMILES string of the molecule is COc1cnc(C(F)F)cc1-c1cc(C)ncc1C(=O)Nc1nnc(SC2CCOC2)s1. The molecule has 0 saturated carbocycles. The number of nitrogens with zero attached hydrogens (tertiary/aromatic N) is 4. The summed E-state index contributed by atoms with van der Waals surface area (Å²) in [5.74, 6) is -0.218. The van der Waals surface area contributed by atoms with Crippen LogP contribution in [0.5, 0.6) is 5.75 Å². The molecule has 1 fully saturated rings. The maximum Gasteiger partial charge on any atom is 0.280 e. The third-order valence-corrected chi connectivity index (χ3v) is 6.85. The summed E-state index contributed by atoms with van der Waals surface area (Å²) in [6.45, 7) is 3.14. The number of anilines is 1. The summed E-state index contributed by atoms with van der Waals surface area (Å²) >= 11 is 2.83. The number of carbonyl (C=O) groups excluding carboxylic acids is 1. The summed E-state index contributed by atoms with van der Waals surface area (Å²) in [7, 11) is 1.41. The number of ether oxygens (including phenoxy) is 2. The van der Waals surface area contributed by atoms with Crippen LogP contribution in [0.4, 0.5) is 13.9 Å². The van der Waals surface area contributed by atoms with Crippen LogP contribution in [0.3, 0.4) is 0 Å². The number of methoxy groups -OCH3 is 1. The normalized spacial score (nSPS) is 15.8. The molecule has 1 aliphatic heterocycles. The van der Waals surface area contributed by atoms with E-state index in [0.717, 1.165) is 17.4 Å². The number of nitrogens with one attached hydrogen (secondary N) is 1. The lowest BCUT2D eigenvalue weighted by molar-refractivity contribution is 0.102. The highest BCUT2D eigenvalue weighted by atomic mass is 32.2. The number of thioether (sulfide) groups is 1. The molecule has 3 aromatic rings. The topological polar surface area (TPSA) is 99.1 Å². The van der Waals surface area contributed by atoms with Gasteiger partial charge in [-0.05, 0) is 25.5 Å². The van der Waals surface area contributed by atoms with Gasteiger partial charge in [0.1, 0.15) is 11.4 Å². The molecule has 3 aromatic heterocycles. The number of amides is 1. The summed E-state index contributed by atoms with van der Waals surface area (Å²) in [6.07, 6.45) is 0.796. The zero-order chi connectivity index (χ0) is 22.7. The molecule has 0 aromatic carbocycles. The Kier molecular flexibility index (Phi) is 6.92. The number of aryl methyl sites for hydroxylation is 1. The molecule has 1 saturated heterocycles. The highest BCUT2D eigenvalue weighted by Crippen LogP contribution is 2.36. The second-order valence-corrected chi connectivity index (χ2v) is 9.44. The molecule has 4 rings (SSSR count). The molecular weight excluding hydrogens is 460 g/mol. The first-order valence-corrected chi connectivity index (χ1v) is 11.3. The number of hydrogen-bond acceptors (Lipinski definition) is 9. The minimum absolute atomic E-state index is 0.189. The summed E-state index contributed by atoms with van der Waals surface area (Å²) in [6, 6.07) is 2.86. The fraction of sp³-hybridized carbons (Fsp3) is 0.350. The van der Waals surface area contributed by atoms with Gasteiger partial charge in [-0.3, -0.25) is 20.1 Å². The van der Waals surface area contributed by atoms with Gasteiger partial charge in [-0.15, -0.1) is 10.2 Å². The largest absolute Gasteiger partial charge is 0.494 e. The van der Waals surface area contributed by atoms with Crippen LogP contribution >= 0.6 is 23.1 Å². The molecule has 12 heteroatoms. The van der Waals surface area contributed by atoms with Gasteiger partial charge in [0.15, 0.2) is 4.34 Å². The highest BCUT2D eigenvalue weighted by molar-refractivity contribution is 8.01. The maximum absolute atomic E-state index is 13.3. The van der Waals surface area contributed by atoms with E-state index in [-0.39, 0.29) is 11.3 Å². The van der Waals surface area contributed by atoms with Crippen LogP contribution in [0.15, 0.2) is 28.9 Å². The summed E-state index contributed by atoms with van der Waals surface area (Å²) < 4.78 is 37.9. The Morgan fingerprint density at radius 3 is 2.84 bits per heavy atom. The van der Waals surface area contributed by atoms with E-state index in [9.17, 15) is 13.6 Å². The first kappa shape index (κ1) is 22.5. The van der Waals surface area contributed by atoms with E-state index in [2.05, 4.69) is 25.5 Å². The van der Waals surface area contributed by atoms with Gasteiger partial charge in [-0.2, -0.15) is 0 Å². The third-order valence-electron chi connectivity index (χ3n) is 4.69. The van der Waals surface area contributed by atoms with E-state index in [1.54, 1.807) is 24.8 Å². The van der Waals surface area contributed by atoms with E-state index in [0.29, 0.717) is 33.8 Å². The Balaban J connectivity index is 1.62. The second kappa shape index (κ2) is 9.84. The Morgan fingerprint density at radius 2 is 2.12 bits per heavy atom. The van der Waals surface area contributed by atoms with Gasteiger partial charge in [-0.25, -0.2) is 8.78 Å². The molecule has 1 unspecified atom stereocenters. The number of halogens is 2. The molecule has 1 aliphatic rings. The van der Waals surface area contributed by atoms with E-state index in [1.807, 2.05) is 0 Å². The quantitative estimate of drug-likeness (QED) is 0.499. The highest BCUT2D eigenvalue weighted by Gasteiger charge is 2.22. The van der Waals surface area contributed by atoms with Crippen molar-refractivity contribution < 1.29 is 23.0 Å². The number of carbonyl (C=O) groups is 1. The molecular formula is C20H19F2N5O3S2. The zero-order valence-corrected chi connectivity index (χ0v) is 18.8.